The van der Waals surface area contributed by atoms with E-state index in [2.05, 4.69) is 25.0 Å². The second-order valence-electron chi connectivity index (χ2n) is 6.90. The molecule has 2 N–H and O–H groups in total. The molecule has 0 atom stereocenters. The van der Waals surface area contributed by atoms with Crippen molar-refractivity contribution in [1.82, 2.24) is 20.3 Å². The topological polar surface area (TPSA) is 89.0 Å². The summed E-state index contributed by atoms with van der Waals surface area (Å²) in [4.78, 5) is 25.4. The maximum absolute atomic E-state index is 12.5. The van der Waals surface area contributed by atoms with Crippen molar-refractivity contribution in [2.75, 3.05) is 11.3 Å². The maximum Gasteiger partial charge on any atom is 0.251 e. The highest BCUT2D eigenvalue weighted by atomic mass is 32.2. The van der Waals surface area contributed by atoms with Crippen LogP contribution in [0.25, 0.3) is 11.3 Å². The second kappa shape index (κ2) is 9.58. The number of carbonyl (C=O) groups is 1. The fourth-order valence-electron chi connectivity index (χ4n) is 2.75. The van der Waals surface area contributed by atoms with E-state index in [1.54, 1.807) is 42.7 Å². The van der Waals surface area contributed by atoms with Gasteiger partial charge in [0, 0.05) is 29.1 Å². The van der Waals surface area contributed by atoms with Crippen molar-refractivity contribution in [3.63, 3.8) is 0 Å². The molecule has 154 valence electrons. The zero-order chi connectivity index (χ0) is 20.8. The zero-order valence-electron chi connectivity index (χ0n) is 16.7. The fraction of sp³-hybridized carbons (Fsp3) is 0.273. The minimum absolute atomic E-state index is 0.130. The molecule has 1 aromatic carbocycles. The molecule has 0 radical (unpaired) electrons. The summed E-state index contributed by atoms with van der Waals surface area (Å²) in [6.07, 6.45) is 7.53. The molecule has 0 bridgehead atoms. The van der Waals surface area contributed by atoms with E-state index in [0.717, 1.165) is 16.9 Å². The largest absolute Gasteiger partial charge is 0.477 e. The van der Waals surface area contributed by atoms with Gasteiger partial charge in [-0.1, -0.05) is 12.1 Å². The highest BCUT2D eigenvalue weighted by Crippen LogP contribution is 2.34. The number of rotatable bonds is 9. The van der Waals surface area contributed by atoms with Gasteiger partial charge in [0.25, 0.3) is 5.91 Å². The van der Waals surface area contributed by atoms with Gasteiger partial charge in [0.15, 0.2) is 0 Å². The number of pyridine rings is 1. The normalized spacial score (nSPS) is 13.0. The van der Waals surface area contributed by atoms with Gasteiger partial charge in [-0.15, -0.1) is 0 Å². The van der Waals surface area contributed by atoms with E-state index in [9.17, 15) is 4.79 Å². The third kappa shape index (κ3) is 5.48. The van der Waals surface area contributed by atoms with E-state index in [-0.39, 0.29) is 5.91 Å². The Morgan fingerprint density at radius 3 is 2.80 bits per heavy atom. The third-order valence-corrected chi connectivity index (χ3v) is 5.61. The molecule has 30 heavy (non-hydrogen) atoms. The van der Waals surface area contributed by atoms with Crippen LogP contribution in [0.4, 0.5) is 5.82 Å². The van der Waals surface area contributed by atoms with Crippen LogP contribution in [0.15, 0.2) is 55.0 Å². The zero-order valence-corrected chi connectivity index (χ0v) is 17.5. The van der Waals surface area contributed by atoms with E-state index in [1.807, 2.05) is 31.2 Å². The molecule has 0 aliphatic heterocycles. The number of ether oxygens (including phenoxy) is 1. The molecule has 1 saturated carbocycles. The van der Waals surface area contributed by atoms with Crippen LogP contribution >= 0.6 is 11.9 Å². The lowest BCUT2D eigenvalue weighted by Crippen LogP contribution is -2.22. The molecule has 1 aliphatic carbocycles. The van der Waals surface area contributed by atoms with E-state index in [1.165, 1.54) is 12.8 Å². The van der Waals surface area contributed by atoms with Crippen molar-refractivity contribution in [3.8, 4) is 17.1 Å². The van der Waals surface area contributed by atoms with Crippen LogP contribution in [-0.4, -0.2) is 32.7 Å². The first-order valence-corrected chi connectivity index (χ1v) is 10.8. The molecule has 4 rings (SSSR count). The molecular weight excluding hydrogens is 398 g/mol. The highest BCUT2D eigenvalue weighted by Gasteiger charge is 2.22. The average molecular weight is 422 g/mol. The lowest BCUT2D eigenvalue weighted by molar-refractivity contribution is 0.0951. The number of anilines is 1. The first-order valence-electron chi connectivity index (χ1n) is 9.91. The summed E-state index contributed by atoms with van der Waals surface area (Å²) in [5.74, 6) is 1.17. The first kappa shape index (κ1) is 20.2. The van der Waals surface area contributed by atoms with Crippen molar-refractivity contribution in [2.45, 2.75) is 31.6 Å². The molecule has 8 heteroatoms. The Kier molecular flexibility index (Phi) is 6.44. The van der Waals surface area contributed by atoms with Gasteiger partial charge in [-0.3, -0.25) is 9.78 Å². The van der Waals surface area contributed by atoms with Gasteiger partial charge in [0.1, 0.15) is 5.82 Å². The van der Waals surface area contributed by atoms with E-state index in [4.69, 9.17) is 4.74 Å². The van der Waals surface area contributed by atoms with E-state index in [0.29, 0.717) is 35.5 Å². The number of benzene rings is 1. The third-order valence-electron chi connectivity index (χ3n) is 4.48. The van der Waals surface area contributed by atoms with Crippen LogP contribution in [0, 0.1) is 0 Å². The molecule has 1 fully saturated rings. The van der Waals surface area contributed by atoms with Gasteiger partial charge in [-0.2, -0.15) is 0 Å². The molecule has 0 spiro atoms. The van der Waals surface area contributed by atoms with Gasteiger partial charge in [0.2, 0.25) is 5.88 Å². The lowest BCUT2D eigenvalue weighted by Gasteiger charge is -2.09. The standard InChI is InChI=1S/C22H23N5O2S/c1-2-29-21-14-23-13-19(26-21)16-3-5-17(6-4-16)22(28)25-12-15-9-10-24-20(11-15)27-30-18-7-8-18/h3-6,9-11,13-14,18H,2,7-8,12H2,1H3,(H,24,27)(H,25,28). The lowest BCUT2D eigenvalue weighted by atomic mass is 10.1. The van der Waals surface area contributed by atoms with Crippen LogP contribution in [0.5, 0.6) is 5.88 Å². The molecule has 2 heterocycles. The van der Waals surface area contributed by atoms with Crippen molar-refractivity contribution < 1.29 is 9.53 Å². The van der Waals surface area contributed by atoms with Gasteiger partial charge >= 0.3 is 0 Å². The van der Waals surface area contributed by atoms with Crippen LogP contribution < -0.4 is 14.8 Å². The molecule has 1 aliphatic rings. The summed E-state index contributed by atoms with van der Waals surface area (Å²) in [7, 11) is 0. The molecule has 0 unspecified atom stereocenters. The quantitative estimate of drug-likeness (QED) is 0.503. The fourth-order valence-corrected chi connectivity index (χ4v) is 3.52. The number of amides is 1. The number of aromatic nitrogens is 3. The Bertz CT molecular complexity index is 1010. The number of carbonyl (C=O) groups excluding carboxylic acids is 1. The predicted molar refractivity (Wildman–Crippen MR) is 118 cm³/mol. The van der Waals surface area contributed by atoms with Crippen LogP contribution in [-0.2, 0) is 6.54 Å². The number of nitrogens with zero attached hydrogens (tertiary/aromatic N) is 3. The summed E-state index contributed by atoms with van der Waals surface area (Å²) >= 11 is 1.71. The molecule has 2 aromatic heterocycles. The minimum atomic E-state index is -0.130. The summed E-state index contributed by atoms with van der Waals surface area (Å²) in [5, 5.41) is 3.66. The van der Waals surface area contributed by atoms with Gasteiger partial charge in [-0.05, 0) is 61.5 Å². The first-order chi connectivity index (χ1) is 14.7. The minimum Gasteiger partial charge on any atom is -0.477 e. The van der Waals surface area contributed by atoms with Crippen molar-refractivity contribution in [3.05, 3.63) is 66.1 Å². The number of hydrogen-bond acceptors (Lipinski definition) is 7. The molecule has 1 amide bonds. The SMILES string of the molecule is CCOc1cncc(-c2ccc(C(=O)NCc3ccnc(NSC4CC4)c3)cc2)n1. The van der Waals surface area contributed by atoms with Gasteiger partial charge in [-0.25, -0.2) is 9.97 Å². The molecular formula is C22H23N5O2S. The number of nitrogens with one attached hydrogen (secondary N) is 2. The van der Waals surface area contributed by atoms with Crippen LogP contribution in [0.3, 0.4) is 0 Å². The summed E-state index contributed by atoms with van der Waals surface area (Å²) in [6, 6.07) is 11.1. The summed E-state index contributed by atoms with van der Waals surface area (Å²) in [6.45, 7) is 2.87. The van der Waals surface area contributed by atoms with Crippen molar-refractivity contribution in [1.29, 1.82) is 0 Å². The smallest absolute Gasteiger partial charge is 0.251 e. The average Bonchev–Trinajstić information content (AvgIpc) is 3.62. The van der Waals surface area contributed by atoms with E-state index < -0.39 is 0 Å². The monoisotopic (exact) mass is 421 g/mol. The van der Waals surface area contributed by atoms with Crippen LogP contribution in [0.2, 0.25) is 0 Å². The highest BCUT2D eigenvalue weighted by molar-refractivity contribution is 8.01. The molecule has 0 saturated heterocycles. The van der Waals surface area contributed by atoms with Gasteiger partial charge in [0.05, 0.1) is 24.7 Å². The maximum atomic E-state index is 12.5. The van der Waals surface area contributed by atoms with Crippen molar-refractivity contribution in [2.24, 2.45) is 0 Å². The Hall–Kier alpha value is -3.13. The molecule has 7 nitrogen and oxygen atoms in total. The van der Waals surface area contributed by atoms with E-state index >= 15 is 0 Å². The Labute approximate surface area is 179 Å². The van der Waals surface area contributed by atoms with Crippen molar-refractivity contribution >= 4 is 23.7 Å². The van der Waals surface area contributed by atoms with Crippen LogP contribution in [0.1, 0.15) is 35.7 Å². The predicted octanol–water partition coefficient (Wildman–Crippen LogP) is 4.09. The number of hydrogen-bond donors (Lipinski definition) is 2. The summed E-state index contributed by atoms with van der Waals surface area (Å²) in [5.41, 5.74) is 3.16. The Balaban J connectivity index is 1.34. The molecule has 3 aromatic rings. The van der Waals surface area contributed by atoms with Gasteiger partial charge < -0.3 is 14.8 Å². The Morgan fingerprint density at radius 1 is 1.20 bits per heavy atom. The Morgan fingerprint density at radius 2 is 2.03 bits per heavy atom. The summed E-state index contributed by atoms with van der Waals surface area (Å²) < 4.78 is 8.67. The second-order valence-corrected chi connectivity index (χ2v) is 8.01.